The average molecular weight is 311 g/mol. The zero-order valence-corrected chi connectivity index (χ0v) is 14.2. The Morgan fingerprint density at radius 3 is 2.26 bits per heavy atom. The third-order valence-corrected chi connectivity index (χ3v) is 3.98. The first kappa shape index (κ1) is 17.1. The Hall–Kier alpha value is -2.29. The second kappa shape index (κ2) is 8.37. The zero-order chi connectivity index (χ0) is 16.7. The number of carbonyl (C=O) groups is 1. The summed E-state index contributed by atoms with van der Waals surface area (Å²) in [7, 11) is 1.58. The fourth-order valence-corrected chi connectivity index (χ4v) is 2.57. The SMILES string of the molecule is COc1cccc(C(C)=O)c1.Cc1ccc(N2CCCC2)cc1. The van der Waals surface area contributed by atoms with Gasteiger partial charge in [-0.15, -0.1) is 0 Å². The quantitative estimate of drug-likeness (QED) is 0.782. The number of methoxy groups -OCH3 is 1. The lowest BCUT2D eigenvalue weighted by Gasteiger charge is -2.17. The molecule has 1 aliphatic heterocycles. The van der Waals surface area contributed by atoms with Crippen LogP contribution in [0.15, 0.2) is 48.5 Å². The molecule has 1 heterocycles. The molecule has 3 nitrogen and oxygen atoms in total. The van der Waals surface area contributed by atoms with Gasteiger partial charge in [-0.05, 0) is 51.0 Å². The van der Waals surface area contributed by atoms with Crippen molar-refractivity contribution in [1.82, 2.24) is 0 Å². The van der Waals surface area contributed by atoms with Crippen LogP contribution in [0.3, 0.4) is 0 Å². The van der Waals surface area contributed by atoms with Crippen molar-refractivity contribution in [2.45, 2.75) is 26.7 Å². The summed E-state index contributed by atoms with van der Waals surface area (Å²) < 4.78 is 4.95. The third kappa shape index (κ3) is 5.13. The van der Waals surface area contributed by atoms with Crippen molar-refractivity contribution in [3.8, 4) is 5.75 Å². The Morgan fingerprint density at radius 1 is 1.04 bits per heavy atom. The number of ketones is 1. The Kier molecular flexibility index (Phi) is 6.21. The Morgan fingerprint density at radius 2 is 1.70 bits per heavy atom. The highest BCUT2D eigenvalue weighted by Gasteiger charge is 2.10. The molecule has 0 spiro atoms. The number of ether oxygens (including phenoxy) is 1. The van der Waals surface area contributed by atoms with Crippen LogP contribution >= 0.6 is 0 Å². The summed E-state index contributed by atoms with van der Waals surface area (Å²) in [4.78, 5) is 13.3. The number of carbonyl (C=O) groups excluding carboxylic acids is 1. The van der Waals surface area contributed by atoms with Crippen molar-refractivity contribution in [1.29, 1.82) is 0 Å². The van der Waals surface area contributed by atoms with E-state index in [0.717, 1.165) is 5.75 Å². The summed E-state index contributed by atoms with van der Waals surface area (Å²) in [6.07, 6.45) is 2.71. The third-order valence-electron chi connectivity index (χ3n) is 3.98. The topological polar surface area (TPSA) is 29.5 Å². The smallest absolute Gasteiger partial charge is 0.159 e. The Labute approximate surface area is 138 Å². The molecule has 1 fully saturated rings. The summed E-state index contributed by atoms with van der Waals surface area (Å²) in [6.45, 7) is 6.15. The lowest BCUT2D eigenvalue weighted by atomic mass is 10.1. The number of Topliss-reactive ketones (excluding diaryl/α,β-unsaturated/α-hetero) is 1. The van der Waals surface area contributed by atoms with Gasteiger partial charge in [-0.3, -0.25) is 4.79 Å². The molecule has 122 valence electrons. The van der Waals surface area contributed by atoms with Crippen LogP contribution < -0.4 is 9.64 Å². The molecule has 0 aliphatic carbocycles. The van der Waals surface area contributed by atoms with Crippen LogP contribution in [-0.4, -0.2) is 26.0 Å². The summed E-state index contributed by atoms with van der Waals surface area (Å²) in [5.41, 5.74) is 3.42. The first-order chi connectivity index (χ1) is 11.1. The van der Waals surface area contributed by atoms with Gasteiger partial charge in [0.1, 0.15) is 5.75 Å². The molecular formula is C20H25NO2. The lowest BCUT2D eigenvalue weighted by molar-refractivity contribution is 0.101. The van der Waals surface area contributed by atoms with Crippen LogP contribution in [0.1, 0.15) is 35.7 Å². The number of benzene rings is 2. The van der Waals surface area contributed by atoms with Crippen molar-refractivity contribution in [3.63, 3.8) is 0 Å². The van der Waals surface area contributed by atoms with Gasteiger partial charge in [0.25, 0.3) is 0 Å². The number of nitrogens with zero attached hydrogens (tertiary/aromatic N) is 1. The van der Waals surface area contributed by atoms with Crippen molar-refractivity contribution in [3.05, 3.63) is 59.7 Å². The Bertz CT molecular complexity index is 628. The summed E-state index contributed by atoms with van der Waals surface area (Å²) in [5.74, 6) is 0.779. The highest BCUT2D eigenvalue weighted by atomic mass is 16.5. The number of anilines is 1. The molecule has 0 N–H and O–H groups in total. The van der Waals surface area contributed by atoms with Gasteiger partial charge in [0, 0.05) is 24.3 Å². The number of aryl methyl sites for hydroxylation is 1. The van der Waals surface area contributed by atoms with Crippen LogP contribution in [0.5, 0.6) is 5.75 Å². The predicted molar refractivity (Wildman–Crippen MR) is 95.6 cm³/mol. The number of hydrogen-bond donors (Lipinski definition) is 0. The summed E-state index contributed by atoms with van der Waals surface area (Å²) >= 11 is 0. The highest BCUT2D eigenvalue weighted by Crippen LogP contribution is 2.19. The molecule has 0 atom stereocenters. The second-order valence-corrected chi connectivity index (χ2v) is 5.82. The van der Waals surface area contributed by atoms with E-state index in [-0.39, 0.29) is 5.78 Å². The van der Waals surface area contributed by atoms with Gasteiger partial charge in [0.2, 0.25) is 0 Å². The number of rotatable bonds is 3. The molecule has 0 radical (unpaired) electrons. The first-order valence-electron chi connectivity index (χ1n) is 8.07. The van der Waals surface area contributed by atoms with E-state index in [1.165, 1.54) is 44.1 Å². The van der Waals surface area contributed by atoms with E-state index < -0.39 is 0 Å². The summed E-state index contributed by atoms with van der Waals surface area (Å²) in [6, 6.07) is 15.9. The molecule has 2 aromatic carbocycles. The predicted octanol–water partition coefficient (Wildman–Crippen LogP) is 4.49. The van der Waals surface area contributed by atoms with Crippen LogP contribution in [-0.2, 0) is 0 Å². The normalized spacial score (nSPS) is 13.3. The van der Waals surface area contributed by atoms with Crippen LogP contribution in [0, 0.1) is 6.92 Å². The fourth-order valence-electron chi connectivity index (χ4n) is 2.57. The standard InChI is InChI=1S/C11H15N.C9H10O2/c1-10-4-6-11(7-5-10)12-8-2-3-9-12;1-7(10)8-4-3-5-9(6-8)11-2/h4-7H,2-3,8-9H2,1H3;3-6H,1-2H3. The second-order valence-electron chi connectivity index (χ2n) is 5.82. The van der Waals surface area contributed by atoms with Crippen LogP contribution in [0.4, 0.5) is 5.69 Å². The molecule has 0 amide bonds. The van der Waals surface area contributed by atoms with Crippen LogP contribution in [0.25, 0.3) is 0 Å². The Balaban J connectivity index is 0.000000168. The molecule has 1 saturated heterocycles. The van der Waals surface area contributed by atoms with E-state index in [0.29, 0.717) is 5.56 Å². The first-order valence-corrected chi connectivity index (χ1v) is 8.07. The maximum atomic E-state index is 10.9. The molecule has 0 unspecified atom stereocenters. The minimum atomic E-state index is 0.0592. The van der Waals surface area contributed by atoms with Gasteiger partial charge in [-0.2, -0.15) is 0 Å². The number of hydrogen-bond acceptors (Lipinski definition) is 3. The van der Waals surface area contributed by atoms with Crippen molar-refractivity contribution < 1.29 is 9.53 Å². The van der Waals surface area contributed by atoms with Crippen molar-refractivity contribution >= 4 is 11.5 Å². The molecule has 0 aromatic heterocycles. The molecule has 3 heteroatoms. The van der Waals surface area contributed by atoms with E-state index in [1.807, 2.05) is 6.07 Å². The van der Waals surface area contributed by atoms with E-state index in [1.54, 1.807) is 25.3 Å². The van der Waals surface area contributed by atoms with E-state index in [4.69, 9.17) is 4.74 Å². The van der Waals surface area contributed by atoms with Gasteiger partial charge < -0.3 is 9.64 Å². The van der Waals surface area contributed by atoms with Gasteiger partial charge in [0.15, 0.2) is 5.78 Å². The largest absolute Gasteiger partial charge is 0.497 e. The molecule has 1 aliphatic rings. The minimum Gasteiger partial charge on any atom is -0.497 e. The van der Waals surface area contributed by atoms with Crippen LogP contribution in [0.2, 0.25) is 0 Å². The van der Waals surface area contributed by atoms with E-state index in [2.05, 4.69) is 36.1 Å². The van der Waals surface area contributed by atoms with Gasteiger partial charge in [0.05, 0.1) is 7.11 Å². The molecular weight excluding hydrogens is 286 g/mol. The fraction of sp³-hybridized carbons (Fsp3) is 0.350. The van der Waals surface area contributed by atoms with Gasteiger partial charge in [-0.25, -0.2) is 0 Å². The maximum absolute atomic E-state index is 10.9. The average Bonchev–Trinajstić information content (AvgIpc) is 3.11. The van der Waals surface area contributed by atoms with E-state index >= 15 is 0 Å². The molecule has 23 heavy (non-hydrogen) atoms. The van der Waals surface area contributed by atoms with Crippen molar-refractivity contribution in [2.24, 2.45) is 0 Å². The van der Waals surface area contributed by atoms with Crippen molar-refractivity contribution in [2.75, 3.05) is 25.1 Å². The molecule has 2 aromatic rings. The van der Waals surface area contributed by atoms with Gasteiger partial charge >= 0.3 is 0 Å². The lowest BCUT2D eigenvalue weighted by Crippen LogP contribution is -2.17. The molecule has 0 bridgehead atoms. The molecule has 0 saturated carbocycles. The van der Waals surface area contributed by atoms with E-state index in [9.17, 15) is 4.79 Å². The maximum Gasteiger partial charge on any atom is 0.159 e. The zero-order valence-electron chi connectivity index (χ0n) is 14.2. The minimum absolute atomic E-state index is 0.0592. The molecule has 3 rings (SSSR count). The highest BCUT2D eigenvalue weighted by molar-refractivity contribution is 5.94. The summed E-state index contributed by atoms with van der Waals surface area (Å²) in [5, 5.41) is 0. The monoisotopic (exact) mass is 311 g/mol. The van der Waals surface area contributed by atoms with Gasteiger partial charge in [-0.1, -0.05) is 29.8 Å².